The molecule has 0 aromatic carbocycles. The number of piperidine rings is 1. The van der Waals surface area contributed by atoms with E-state index in [2.05, 4.69) is 18.2 Å². The van der Waals surface area contributed by atoms with Gasteiger partial charge >= 0.3 is 0 Å². The molecule has 0 unspecified atom stereocenters. The summed E-state index contributed by atoms with van der Waals surface area (Å²) in [5, 5.41) is 2.91. The van der Waals surface area contributed by atoms with E-state index in [9.17, 15) is 9.59 Å². The first-order valence-electron chi connectivity index (χ1n) is 10.8. The molecule has 1 aromatic heterocycles. The number of carbonyl (C=O) groups excluding carboxylic acids is 2. The van der Waals surface area contributed by atoms with Gasteiger partial charge < -0.3 is 10.2 Å². The Balaban J connectivity index is 1.54. The Morgan fingerprint density at radius 1 is 1.31 bits per heavy atom. The zero-order valence-electron chi connectivity index (χ0n) is 17.2. The van der Waals surface area contributed by atoms with Crippen LogP contribution in [0.2, 0.25) is 0 Å². The van der Waals surface area contributed by atoms with E-state index in [1.807, 2.05) is 12.1 Å². The van der Waals surface area contributed by atoms with Crippen molar-refractivity contribution in [2.75, 3.05) is 0 Å². The Morgan fingerprint density at radius 3 is 2.90 bits per heavy atom. The molecule has 6 heteroatoms. The third-order valence-electron chi connectivity index (χ3n) is 6.02. The van der Waals surface area contributed by atoms with E-state index in [-0.39, 0.29) is 17.9 Å². The molecule has 1 N–H and O–H groups in total. The van der Waals surface area contributed by atoms with Gasteiger partial charge in [0, 0.05) is 23.8 Å². The van der Waals surface area contributed by atoms with E-state index >= 15 is 4.39 Å². The molecule has 2 saturated heterocycles. The fourth-order valence-electron chi connectivity index (χ4n) is 4.60. The second-order valence-electron chi connectivity index (χ2n) is 8.14. The van der Waals surface area contributed by atoms with Crippen LogP contribution in [0.15, 0.2) is 12.1 Å². The maximum absolute atomic E-state index is 15.2. The summed E-state index contributed by atoms with van der Waals surface area (Å²) in [5.41, 5.74) is 0. The highest BCUT2D eigenvalue weighted by atomic mass is 32.1. The fraction of sp³-hybridized carbons (Fsp3) is 0.652. The largest absolute Gasteiger partial charge is 0.346 e. The van der Waals surface area contributed by atoms with Gasteiger partial charge in [-0.05, 0) is 50.7 Å². The lowest BCUT2D eigenvalue weighted by Crippen LogP contribution is -2.59. The molecule has 2 aliphatic rings. The molecule has 0 aliphatic carbocycles. The van der Waals surface area contributed by atoms with Gasteiger partial charge in [0.2, 0.25) is 5.91 Å². The van der Waals surface area contributed by atoms with Gasteiger partial charge in [0.15, 0.2) is 0 Å². The molecule has 3 heterocycles. The Morgan fingerprint density at radius 2 is 2.14 bits per heavy atom. The van der Waals surface area contributed by atoms with E-state index in [1.54, 1.807) is 4.90 Å². The van der Waals surface area contributed by atoms with Gasteiger partial charge in [0.1, 0.15) is 6.17 Å². The van der Waals surface area contributed by atoms with Gasteiger partial charge in [-0.15, -0.1) is 23.7 Å². The zero-order chi connectivity index (χ0) is 20.8. The number of amides is 2. The summed E-state index contributed by atoms with van der Waals surface area (Å²) in [6.07, 6.45) is 11.9. The molecule has 0 radical (unpaired) electrons. The molecule has 2 aliphatic heterocycles. The number of thiophene rings is 1. The first-order valence-corrected chi connectivity index (χ1v) is 11.6. The second-order valence-corrected chi connectivity index (χ2v) is 9.31. The lowest BCUT2D eigenvalue weighted by atomic mass is 9.94. The predicted molar refractivity (Wildman–Crippen MR) is 115 cm³/mol. The number of aryl methyl sites for hydroxylation is 1. The minimum absolute atomic E-state index is 0.0366. The van der Waals surface area contributed by atoms with Crippen LogP contribution in [0, 0.1) is 12.3 Å². The number of alkyl halides is 1. The molecular formula is C23H31FN2O2S. The van der Waals surface area contributed by atoms with Crippen molar-refractivity contribution in [2.45, 2.75) is 95.4 Å². The fourth-order valence-corrected chi connectivity index (χ4v) is 5.62. The average Bonchev–Trinajstić information content (AvgIpc) is 3.30. The van der Waals surface area contributed by atoms with Crippen molar-refractivity contribution < 1.29 is 14.0 Å². The summed E-state index contributed by atoms with van der Waals surface area (Å²) in [4.78, 5) is 28.9. The number of nitrogens with zero attached hydrogens (tertiary/aromatic N) is 1. The van der Waals surface area contributed by atoms with Gasteiger partial charge in [-0.2, -0.15) is 0 Å². The molecule has 4 atom stereocenters. The first kappa shape index (κ1) is 21.8. The quantitative estimate of drug-likeness (QED) is 0.475. The molecule has 0 saturated carbocycles. The van der Waals surface area contributed by atoms with Gasteiger partial charge in [-0.1, -0.05) is 19.8 Å². The smallest absolute Gasteiger partial charge is 0.261 e. The second kappa shape index (κ2) is 10.2. The number of carbonyl (C=O) groups is 2. The van der Waals surface area contributed by atoms with E-state index in [4.69, 9.17) is 6.42 Å². The molecule has 4 nitrogen and oxygen atoms in total. The molecule has 2 amide bonds. The Bertz CT molecular complexity index is 756. The van der Waals surface area contributed by atoms with E-state index in [0.717, 1.165) is 44.9 Å². The van der Waals surface area contributed by atoms with Crippen LogP contribution in [0.1, 0.15) is 79.3 Å². The highest BCUT2D eigenvalue weighted by molar-refractivity contribution is 7.14. The lowest BCUT2D eigenvalue weighted by Gasteiger charge is -2.41. The number of rotatable bonds is 9. The van der Waals surface area contributed by atoms with Crippen molar-refractivity contribution in [1.82, 2.24) is 10.2 Å². The van der Waals surface area contributed by atoms with Crippen LogP contribution < -0.4 is 5.32 Å². The minimum Gasteiger partial charge on any atom is -0.346 e. The molecule has 2 fully saturated rings. The topological polar surface area (TPSA) is 49.4 Å². The number of nitrogens with one attached hydrogen (secondary N) is 1. The van der Waals surface area contributed by atoms with Crippen LogP contribution >= 0.6 is 11.3 Å². The SMILES string of the molecule is C#CCCCCCC(=O)N1[C@H]2CC[C@@H]1[C@@H](F)[C@H](NC(=O)c1ccc(CCC)s1)C2. The van der Waals surface area contributed by atoms with Crippen molar-refractivity contribution in [3.8, 4) is 12.3 Å². The Hall–Kier alpha value is -1.87. The van der Waals surface area contributed by atoms with Crippen molar-refractivity contribution in [2.24, 2.45) is 0 Å². The molecule has 29 heavy (non-hydrogen) atoms. The first-order chi connectivity index (χ1) is 14.0. The monoisotopic (exact) mass is 418 g/mol. The summed E-state index contributed by atoms with van der Waals surface area (Å²) in [6.45, 7) is 2.11. The van der Waals surface area contributed by atoms with Crippen molar-refractivity contribution in [1.29, 1.82) is 0 Å². The number of terminal acetylenes is 1. The van der Waals surface area contributed by atoms with Crippen LogP contribution in [-0.4, -0.2) is 41.0 Å². The number of unbranched alkanes of at least 4 members (excludes halogenated alkanes) is 3. The normalized spacial score (nSPS) is 25.6. The Kier molecular flexibility index (Phi) is 7.71. The number of hydrogen-bond donors (Lipinski definition) is 1. The van der Waals surface area contributed by atoms with Crippen molar-refractivity contribution in [3.05, 3.63) is 21.9 Å². The third kappa shape index (κ3) is 5.19. The summed E-state index contributed by atoms with van der Waals surface area (Å²) in [6, 6.07) is 2.91. The van der Waals surface area contributed by atoms with E-state index in [0.29, 0.717) is 24.1 Å². The summed E-state index contributed by atoms with van der Waals surface area (Å²) in [5.74, 6) is 2.46. The molecular weight excluding hydrogens is 387 g/mol. The van der Waals surface area contributed by atoms with E-state index in [1.165, 1.54) is 16.2 Å². The van der Waals surface area contributed by atoms with Crippen LogP contribution in [0.3, 0.4) is 0 Å². The molecule has 2 bridgehead atoms. The van der Waals surface area contributed by atoms with Gasteiger partial charge in [-0.25, -0.2) is 4.39 Å². The highest BCUT2D eigenvalue weighted by Crippen LogP contribution is 2.38. The van der Waals surface area contributed by atoms with Gasteiger partial charge in [0.05, 0.1) is 17.0 Å². The highest BCUT2D eigenvalue weighted by Gasteiger charge is 2.49. The maximum atomic E-state index is 15.2. The van der Waals surface area contributed by atoms with Crippen LogP contribution in [-0.2, 0) is 11.2 Å². The average molecular weight is 419 g/mol. The predicted octanol–water partition coefficient (Wildman–Crippen LogP) is 4.48. The Labute approximate surface area is 177 Å². The van der Waals surface area contributed by atoms with E-state index < -0.39 is 18.3 Å². The van der Waals surface area contributed by atoms with Crippen LogP contribution in [0.5, 0.6) is 0 Å². The molecule has 3 rings (SSSR count). The van der Waals surface area contributed by atoms with Crippen LogP contribution in [0.25, 0.3) is 0 Å². The minimum atomic E-state index is -1.21. The standard InChI is InChI=1S/C23H31FN2O2S/c1-3-5-6-7-8-10-21(27)26-16-11-13-19(26)22(24)18(15-16)25-23(28)20-14-12-17(29-20)9-4-2/h1,12,14,16,18-19,22H,4-11,13,15H2,2H3,(H,25,28)/t16-,18+,19+,22-/m0/s1. The van der Waals surface area contributed by atoms with Crippen molar-refractivity contribution >= 4 is 23.2 Å². The summed E-state index contributed by atoms with van der Waals surface area (Å²) >= 11 is 1.48. The molecule has 0 spiro atoms. The summed E-state index contributed by atoms with van der Waals surface area (Å²) in [7, 11) is 0. The van der Waals surface area contributed by atoms with Gasteiger partial charge in [-0.3, -0.25) is 9.59 Å². The zero-order valence-corrected chi connectivity index (χ0v) is 18.0. The third-order valence-corrected chi connectivity index (χ3v) is 7.17. The number of halogens is 1. The number of hydrogen-bond acceptors (Lipinski definition) is 3. The molecule has 158 valence electrons. The maximum Gasteiger partial charge on any atom is 0.261 e. The van der Waals surface area contributed by atoms with Gasteiger partial charge in [0.25, 0.3) is 5.91 Å². The summed E-state index contributed by atoms with van der Waals surface area (Å²) < 4.78 is 15.2. The lowest BCUT2D eigenvalue weighted by molar-refractivity contribution is -0.138. The molecule has 1 aromatic rings. The number of fused-ring (bicyclic) bond motifs is 2. The van der Waals surface area contributed by atoms with Crippen LogP contribution in [0.4, 0.5) is 4.39 Å². The van der Waals surface area contributed by atoms with Crippen molar-refractivity contribution in [3.63, 3.8) is 0 Å².